The van der Waals surface area contributed by atoms with Gasteiger partial charge in [-0.1, -0.05) is 242 Å². The second-order valence-corrected chi connectivity index (χ2v) is 22.4. The van der Waals surface area contributed by atoms with Gasteiger partial charge in [-0.05, 0) is 77.0 Å². The number of hydrogen-bond donors (Lipinski definition) is 2. The average molecular weight is 990 g/mol. The van der Waals surface area contributed by atoms with E-state index in [1.165, 1.54) is 193 Å². The van der Waals surface area contributed by atoms with Gasteiger partial charge in [0.2, 0.25) is 5.91 Å². The maximum absolute atomic E-state index is 12.9. The van der Waals surface area contributed by atoms with Crippen molar-refractivity contribution in [2.75, 3.05) is 40.9 Å². The van der Waals surface area contributed by atoms with E-state index in [2.05, 4.69) is 67.8 Å². The quantitative estimate of drug-likeness (QED) is 0.0272. The zero-order chi connectivity index (χ0) is 50.6. The van der Waals surface area contributed by atoms with E-state index in [9.17, 15) is 19.4 Å². The van der Waals surface area contributed by atoms with E-state index in [0.717, 1.165) is 51.4 Å². The molecule has 0 heterocycles. The fourth-order valence-corrected chi connectivity index (χ4v) is 9.06. The van der Waals surface area contributed by atoms with E-state index >= 15 is 0 Å². The highest BCUT2D eigenvalue weighted by molar-refractivity contribution is 7.45. The van der Waals surface area contributed by atoms with Gasteiger partial charge in [-0.15, -0.1) is 0 Å². The van der Waals surface area contributed by atoms with Crippen LogP contribution in [0.15, 0.2) is 60.8 Å². The van der Waals surface area contributed by atoms with E-state index in [-0.39, 0.29) is 12.5 Å². The Hall–Kier alpha value is -1.80. The first-order valence-corrected chi connectivity index (χ1v) is 30.6. The minimum atomic E-state index is -4.61. The van der Waals surface area contributed by atoms with Gasteiger partial charge in [-0.2, -0.15) is 0 Å². The van der Waals surface area contributed by atoms with Crippen molar-refractivity contribution in [3.8, 4) is 0 Å². The number of carbonyl (C=O) groups excluding carboxylic acids is 1. The van der Waals surface area contributed by atoms with Crippen molar-refractivity contribution in [2.24, 2.45) is 0 Å². The molecule has 0 saturated carbocycles. The molecule has 3 atom stereocenters. The monoisotopic (exact) mass is 989 g/mol. The Kier molecular flexibility index (Phi) is 49.8. The maximum Gasteiger partial charge on any atom is 0.268 e. The van der Waals surface area contributed by atoms with Gasteiger partial charge in [0.15, 0.2) is 0 Å². The first-order valence-electron chi connectivity index (χ1n) is 29.2. The van der Waals surface area contributed by atoms with Crippen LogP contribution in [-0.2, 0) is 18.4 Å². The number of hydrogen-bond acceptors (Lipinski definition) is 6. The number of aliphatic hydroxyl groups excluding tert-OH is 1. The van der Waals surface area contributed by atoms with E-state index in [0.29, 0.717) is 17.4 Å². The Bertz CT molecular complexity index is 1310. The molecule has 0 spiro atoms. The summed E-state index contributed by atoms with van der Waals surface area (Å²) >= 11 is 0. The van der Waals surface area contributed by atoms with Gasteiger partial charge in [0.1, 0.15) is 13.2 Å². The largest absolute Gasteiger partial charge is 0.756 e. The first-order chi connectivity index (χ1) is 33.5. The van der Waals surface area contributed by atoms with Gasteiger partial charge >= 0.3 is 0 Å². The standard InChI is InChI=1S/C60H113N2O6P/c1-6-8-10-12-14-16-18-20-22-24-25-26-27-28-29-30-31-32-33-34-35-36-37-38-40-42-44-46-48-50-52-54-60(64)61-58(57-68-69(65,66)67-56-55-62(3,4)5)59(63)53-51-49-47-45-43-41-39-23-21-19-17-15-13-11-9-7-2/h21,23,25-26,28-29,43,45,51,53,58-59,63H,6-20,22,24,27,30-42,44,46-50,52,54-57H2,1-5H3,(H-,61,64,65,66)/b23-21+,26-25-,29-28-,45-43+,53-51+. The van der Waals surface area contributed by atoms with Gasteiger partial charge in [0.05, 0.1) is 39.9 Å². The number of aliphatic hydroxyl groups is 1. The number of allylic oxidation sites excluding steroid dienone is 9. The van der Waals surface area contributed by atoms with Crippen LogP contribution < -0.4 is 10.2 Å². The average Bonchev–Trinajstić information content (AvgIpc) is 3.31. The normalized spacial score (nSPS) is 14.4. The molecule has 0 radical (unpaired) electrons. The molecule has 0 aromatic rings. The lowest BCUT2D eigenvalue weighted by Gasteiger charge is -2.29. The van der Waals surface area contributed by atoms with E-state index in [4.69, 9.17) is 9.05 Å². The Balaban J connectivity index is 4.14. The lowest BCUT2D eigenvalue weighted by molar-refractivity contribution is -0.870. The molecule has 0 rings (SSSR count). The van der Waals surface area contributed by atoms with E-state index < -0.39 is 26.6 Å². The highest BCUT2D eigenvalue weighted by atomic mass is 31.2. The fourth-order valence-electron chi connectivity index (χ4n) is 8.33. The third-order valence-corrected chi connectivity index (χ3v) is 13.9. The lowest BCUT2D eigenvalue weighted by Crippen LogP contribution is -2.45. The second-order valence-electron chi connectivity index (χ2n) is 21.0. The number of phosphoric ester groups is 1. The molecule has 2 N–H and O–H groups in total. The van der Waals surface area contributed by atoms with Crippen LogP contribution >= 0.6 is 7.82 Å². The zero-order valence-corrected chi connectivity index (χ0v) is 46.9. The highest BCUT2D eigenvalue weighted by Gasteiger charge is 2.23. The van der Waals surface area contributed by atoms with Gasteiger partial charge in [-0.3, -0.25) is 9.36 Å². The third kappa shape index (κ3) is 53.8. The second kappa shape index (κ2) is 51.1. The molecule has 8 nitrogen and oxygen atoms in total. The number of phosphoric acid groups is 1. The molecule has 0 saturated heterocycles. The lowest BCUT2D eigenvalue weighted by atomic mass is 10.0. The molecule has 0 aliphatic rings. The fraction of sp³-hybridized carbons (Fsp3) is 0.817. The summed E-state index contributed by atoms with van der Waals surface area (Å²) in [6.07, 6.45) is 68.8. The summed E-state index contributed by atoms with van der Waals surface area (Å²) in [5, 5.41) is 13.8. The summed E-state index contributed by atoms with van der Waals surface area (Å²) in [5.41, 5.74) is 0. The van der Waals surface area contributed by atoms with Crippen LogP contribution in [0, 0.1) is 0 Å². The van der Waals surface area contributed by atoms with Gasteiger partial charge in [0.25, 0.3) is 7.82 Å². The molecule has 0 aliphatic carbocycles. The van der Waals surface area contributed by atoms with Crippen LogP contribution in [0.4, 0.5) is 0 Å². The minimum absolute atomic E-state index is 0.0101. The molecule has 0 fully saturated rings. The molecule has 9 heteroatoms. The van der Waals surface area contributed by atoms with Crippen molar-refractivity contribution in [3.05, 3.63) is 60.8 Å². The van der Waals surface area contributed by atoms with E-state index in [1.54, 1.807) is 6.08 Å². The van der Waals surface area contributed by atoms with Crippen LogP contribution in [0.1, 0.15) is 264 Å². The number of quaternary nitrogens is 1. The van der Waals surface area contributed by atoms with Crippen molar-refractivity contribution < 1.29 is 32.9 Å². The number of carbonyl (C=O) groups is 1. The van der Waals surface area contributed by atoms with Crippen LogP contribution in [0.25, 0.3) is 0 Å². The number of amides is 1. The first kappa shape index (κ1) is 67.2. The Morgan fingerprint density at radius 1 is 0.507 bits per heavy atom. The zero-order valence-electron chi connectivity index (χ0n) is 46.0. The van der Waals surface area contributed by atoms with Crippen LogP contribution in [0.5, 0.6) is 0 Å². The number of unbranched alkanes of at least 4 members (excludes halogenated alkanes) is 32. The van der Waals surface area contributed by atoms with Gasteiger partial charge in [0, 0.05) is 6.42 Å². The van der Waals surface area contributed by atoms with Gasteiger partial charge < -0.3 is 28.8 Å². The molecule has 1 amide bonds. The van der Waals surface area contributed by atoms with Crippen molar-refractivity contribution in [3.63, 3.8) is 0 Å². The third-order valence-electron chi connectivity index (χ3n) is 12.9. The van der Waals surface area contributed by atoms with Gasteiger partial charge in [-0.25, -0.2) is 0 Å². The predicted octanol–water partition coefficient (Wildman–Crippen LogP) is 17.1. The summed E-state index contributed by atoms with van der Waals surface area (Å²) < 4.78 is 23.3. The summed E-state index contributed by atoms with van der Waals surface area (Å²) in [6, 6.07) is -0.911. The molecule has 0 bridgehead atoms. The molecule has 0 aromatic heterocycles. The minimum Gasteiger partial charge on any atom is -0.756 e. The van der Waals surface area contributed by atoms with Crippen molar-refractivity contribution in [1.29, 1.82) is 0 Å². The van der Waals surface area contributed by atoms with Crippen molar-refractivity contribution in [1.82, 2.24) is 5.32 Å². The summed E-state index contributed by atoms with van der Waals surface area (Å²) in [4.78, 5) is 25.5. The molecule has 69 heavy (non-hydrogen) atoms. The van der Waals surface area contributed by atoms with Crippen LogP contribution in [-0.4, -0.2) is 68.5 Å². The Morgan fingerprint density at radius 3 is 1.26 bits per heavy atom. The number of likely N-dealkylation sites (N-methyl/N-ethyl adjacent to an activating group) is 1. The smallest absolute Gasteiger partial charge is 0.268 e. The highest BCUT2D eigenvalue weighted by Crippen LogP contribution is 2.38. The summed E-state index contributed by atoms with van der Waals surface area (Å²) in [5.74, 6) is -0.211. The van der Waals surface area contributed by atoms with Crippen molar-refractivity contribution in [2.45, 2.75) is 276 Å². The summed E-state index contributed by atoms with van der Waals surface area (Å²) in [7, 11) is 1.24. The summed E-state index contributed by atoms with van der Waals surface area (Å²) in [6.45, 7) is 4.62. The molecule has 3 unspecified atom stereocenters. The number of nitrogens with one attached hydrogen (secondary N) is 1. The van der Waals surface area contributed by atoms with Crippen LogP contribution in [0.3, 0.4) is 0 Å². The van der Waals surface area contributed by atoms with Crippen LogP contribution in [0.2, 0.25) is 0 Å². The Morgan fingerprint density at radius 2 is 0.855 bits per heavy atom. The molecule has 0 aromatic carbocycles. The molecule has 0 aliphatic heterocycles. The topological polar surface area (TPSA) is 108 Å². The maximum atomic E-state index is 12.9. The molecular weight excluding hydrogens is 876 g/mol. The SMILES string of the molecule is CCCCCCCC/C=C/CC/C=C/CC/C=C/C(O)C(COP(=O)([O-])OCC[N+](C)(C)C)NC(=O)CCCCCCCCCCCCCCCCC/C=C\C/C=C\CCCCCCCCCCC. The Labute approximate surface area is 428 Å². The van der Waals surface area contributed by atoms with Crippen molar-refractivity contribution >= 4 is 13.7 Å². The molecule has 404 valence electrons. The molecular formula is C60H113N2O6P. The number of rotatable bonds is 53. The van der Waals surface area contributed by atoms with E-state index in [1.807, 2.05) is 27.2 Å². The number of nitrogens with zero attached hydrogens (tertiary/aromatic N) is 1. The predicted molar refractivity (Wildman–Crippen MR) is 297 cm³/mol.